The lowest BCUT2D eigenvalue weighted by atomic mass is 10.2. The third-order valence-electron chi connectivity index (χ3n) is 3.41. The van der Waals surface area contributed by atoms with E-state index >= 15 is 0 Å². The Bertz CT molecular complexity index is 694. The number of aliphatic hydroxyl groups is 1. The molecule has 3 atom stereocenters. The monoisotopic (exact) mass is 416 g/mol. The number of rotatable bonds is 11. The molecule has 1 aromatic rings. The average molecular weight is 416 g/mol. The lowest BCUT2D eigenvalue weighted by molar-refractivity contribution is -0.149. The number of carbonyl (C=O) groups excluding carboxylic acids is 2. The van der Waals surface area contributed by atoms with Crippen LogP contribution < -0.4 is 14.7 Å². The van der Waals surface area contributed by atoms with Gasteiger partial charge in [0.15, 0.2) is 0 Å². The van der Waals surface area contributed by atoms with Crippen molar-refractivity contribution < 1.29 is 33.3 Å². The van der Waals surface area contributed by atoms with Crippen LogP contribution in [0.2, 0.25) is 0 Å². The van der Waals surface area contributed by atoms with Crippen LogP contribution in [0.5, 0.6) is 5.75 Å². The van der Waals surface area contributed by atoms with Crippen molar-refractivity contribution >= 4 is 19.6 Å². The highest BCUT2D eigenvalue weighted by Crippen LogP contribution is 2.40. The molecule has 0 saturated heterocycles. The molecule has 9 nitrogen and oxygen atoms in total. The number of hydrogen-bond donors (Lipinski definition) is 3. The van der Waals surface area contributed by atoms with E-state index in [9.17, 15) is 14.2 Å². The number of carbonyl (C=O) groups is 2. The normalized spacial score (nSPS) is 15.4. The van der Waals surface area contributed by atoms with E-state index in [1.807, 2.05) is 0 Å². The summed E-state index contributed by atoms with van der Waals surface area (Å²) in [7, 11) is -3.92. The summed E-state index contributed by atoms with van der Waals surface area (Å²) in [6, 6.07) is 4.33. The number of esters is 2. The Morgan fingerprint density at radius 3 is 2.04 bits per heavy atom. The van der Waals surface area contributed by atoms with Crippen molar-refractivity contribution in [2.75, 3.05) is 6.61 Å². The molecule has 1 rings (SSSR count). The first-order valence-electron chi connectivity index (χ1n) is 9.02. The van der Waals surface area contributed by atoms with Gasteiger partial charge >= 0.3 is 19.6 Å². The second kappa shape index (κ2) is 11.2. The molecule has 0 heterocycles. The molecule has 0 bridgehead atoms. The van der Waals surface area contributed by atoms with E-state index in [2.05, 4.69) is 10.2 Å². The van der Waals surface area contributed by atoms with Gasteiger partial charge in [0.2, 0.25) is 0 Å². The number of benzene rings is 1. The van der Waals surface area contributed by atoms with E-state index in [0.717, 1.165) is 0 Å². The van der Waals surface area contributed by atoms with Crippen LogP contribution in [0.1, 0.15) is 40.2 Å². The largest absolute Gasteiger partial charge is 0.465 e. The topological polar surface area (TPSA) is 123 Å². The molecule has 0 aromatic heterocycles. The molecular formula is C18H29N2O7P. The molecule has 0 aliphatic carbocycles. The third-order valence-corrected chi connectivity index (χ3v) is 5.34. The van der Waals surface area contributed by atoms with Crippen LogP contribution in [0.4, 0.5) is 0 Å². The quantitative estimate of drug-likeness (QED) is 0.368. The van der Waals surface area contributed by atoms with Crippen LogP contribution in [0.25, 0.3) is 0 Å². The minimum Gasteiger partial charge on any atom is -0.465 e. The Hall–Kier alpha value is -1.93. The predicted octanol–water partition coefficient (Wildman–Crippen LogP) is 2.14. The number of hydrogen-bond acceptors (Lipinski definition) is 7. The van der Waals surface area contributed by atoms with Crippen LogP contribution in [-0.4, -0.2) is 41.8 Å². The van der Waals surface area contributed by atoms with E-state index in [4.69, 9.17) is 19.1 Å². The van der Waals surface area contributed by atoms with Gasteiger partial charge in [-0.25, -0.2) is 14.7 Å². The summed E-state index contributed by atoms with van der Waals surface area (Å²) in [4.78, 5) is 24.0. The predicted molar refractivity (Wildman–Crippen MR) is 104 cm³/mol. The molecule has 10 heteroatoms. The summed E-state index contributed by atoms with van der Waals surface area (Å²) in [5.41, 5.74) is 0.650. The summed E-state index contributed by atoms with van der Waals surface area (Å²) in [5, 5.41) is 14.3. The summed E-state index contributed by atoms with van der Waals surface area (Å²) < 4.78 is 28.9. The second-order valence-corrected chi connectivity index (χ2v) is 8.19. The van der Waals surface area contributed by atoms with Gasteiger partial charge in [0, 0.05) is 0 Å². The third kappa shape index (κ3) is 7.98. The molecule has 3 N–H and O–H groups in total. The number of ether oxygens (including phenoxy) is 2. The van der Waals surface area contributed by atoms with E-state index in [-0.39, 0.29) is 25.1 Å². The van der Waals surface area contributed by atoms with Crippen LogP contribution in [-0.2, 0) is 30.2 Å². The van der Waals surface area contributed by atoms with Gasteiger partial charge in [0.1, 0.15) is 17.8 Å². The molecule has 0 radical (unpaired) electrons. The summed E-state index contributed by atoms with van der Waals surface area (Å²) in [5.74, 6) is -0.998. The van der Waals surface area contributed by atoms with Gasteiger partial charge in [-0.2, -0.15) is 0 Å². The molecule has 0 aliphatic heterocycles. The van der Waals surface area contributed by atoms with Crippen LogP contribution >= 0.6 is 7.67 Å². The van der Waals surface area contributed by atoms with Gasteiger partial charge in [0.25, 0.3) is 0 Å². The summed E-state index contributed by atoms with van der Waals surface area (Å²) in [6.07, 6.45) is -0.338. The van der Waals surface area contributed by atoms with E-state index in [1.165, 1.54) is 26.0 Å². The van der Waals surface area contributed by atoms with Crippen molar-refractivity contribution in [2.24, 2.45) is 0 Å². The maximum atomic E-state index is 13.3. The number of nitrogens with one attached hydrogen (secondary N) is 2. The van der Waals surface area contributed by atoms with E-state index in [0.29, 0.717) is 5.56 Å². The van der Waals surface area contributed by atoms with Crippen molar-refractivity contribution in [3.05, 3.63) is 29.8 Å². The maximum Gasteiger partial charge on any atom is 0.391 e. The van der Waals surface area contributed by atoms with Gasteiger partial charge < -0.3 is 19.1 Å². The van der Waals surface area contributed by atoms with Gasteiger partial charge in [0.05, 0.1) is 19.3 Å². The maximum absolute atomic E-state index is 13.3. The molecule has 0 fully saturated rings. The Kier molecular flexibility index (Phi) is 9.61. The zero-order valence-electron chi connectivity index (χ0n) is 16.8. The standard InChI is InChI=1S/C18H29N2O7P/c1-6-25-17(22)13(4)19-28(24,20-14(5)18(23)26-12(2)3)27-16-9-7-15(11-21)8-10-16/h7-10,12-14,21H,6,11H2,1-5H3,(H2,19,20,24)/t13-,14-,28?/m0/s1. The van der Waals surface area contributed by atoms with Gasteiger partial charge in [-0.15, -0.1) is 0 Å². The second-order valence-electron chi connectivity index (χ2n) is 6.38. The van der Waals surface area contributed by atoms with Gasteiger partial charge in [-0.1, -0.05) is 12.1 Å². The molecule has 1 unspecified atom stereocenters. The van der Waals surface area contributed by atoms with Crippen LogP contribution in [0.15, 0.2) is 24.3 Å². The van der Waals surface area contributed by atoms with E-state index in [1.54, 1.807) is 32.9 Å². The lowest BCUT2D eigenvalue weighted by Gasteiger charge is -2.26. The first kappa shape index (κ1) is 24.1. The first-order chi connectivity index (χ1) is 13.1. The minimum absolute atomic E-state index is 0.146. The van der Waals surface area contributed by atoms with Crippen molar-refractivity contribution in [1.82, 2.24) is 10.2 Å². The fraction of sp³-hybridized carbons (Fsp3) is 0.556. The van der Waals surface area contributed by atoms with Crippen molar-refractivity contribution in [3.63, 3.8) is 0 Å². The lowest BCUT2D eigenvalue weighted by Crippen LogP contribution is -2.43. The van der Waals surface area contributed by atoms with Crippen molar-refractivity contribution in [2.45, 2.75) is 59.4 Å². The molecular weight excluding hydrogens is 387 g/mol. The van der Waals surface area contributed by atoms with Gasteiger partial charge in [-0.3, -0.25) is 9.59 Å². The Morgan fingerprint density at radius 2 is 1.57 bits per heavy atom. The average Bonchev–Trinajstić information content (AvgIpc) is 2.61. The zero-order valence-corrected chi connectivity index (χ0v) is 17.7. The molecule has 158 valence electrons. The SMILES string of the molecule is CCOC(=O)[C@H](C)NP(=O)(N[C@@H](C)C(=O)OC(C)C)Oc1ccc(CO)cc1. The highest BCUT2D eigenvalue weighted by molar-refractivity contribution is 7.55. The highest BCUT2D eigenvalue weighted by atomic mass is 31.2. The van der Waals surface area contributed by atoms with E-state index < -0.39 is 31.7 Å². The summed E-state index contributed by atoms with van der Waals surface area (Å²) in [6.45, 7) is 8.03. The number of aliphatic hydroxyl groups excluding tert-OH is 1. The highest BCUT2D eigenvalue weighted by Gasteiger charge is 2.34. The Morgan fingerprint density at radius 1 is 1.04 bits per heavy atom. The first-order valence-corrected chi connectivity index (χ1v) is 10.6. The molecule has 0 aliphatic rings. The Balaban J connectivity index is 3.01. The van der Waals surface area contributed by atoms with Gasteiger partial charge in [-0.05, 0) is 52.3 Å². The minimum atomic E-state index is -3.92. The fourth-order valence-electron chi connectivity index (χ4n) is 2.11. The fourth-order valence-corrected chi connectivity index (χ4v) is 3.94. The van der Waals surface area contributed by atoms with Crippen molar-refractivity contribution in [1.29, 1.82) is 0 Å². The molecule has 0 amide bonds. The molecule has 0 spiro atoms. The zero-order chi connectivity index (χ0) is 21.3. The molecule has 1 aromatic carbocycles. The molecule has 0 saturated carbocycles. The Labute approximate surface area is 165 Å². The van der Waals surface area contributed by atoms with Crippen molar-refractivity contribution in [3.8, 4) is 5.75 Å². The van der Waals surface area contributed by atoms with Crippen LogP contribution in [0, 0.1) is 0 Å². The van der Waals surface area contributed by atoms with Crippen LogP contribution in [0.3, 0.4) is 0 Å². The molecule has 28 heavy (non-hydrogen) atoms. The summed E-state index contributed by atoms with van der Waals surface area (Å²) >= 11 is 0. The smallest absolute Gasteiger partial charge is 0.391 e.